The van der Waals surface area contributed by atoms with Gasteiger partial charge >= 0.3 is 0 Å². The number of fused-ring (bicyclic) bond motifs is 2. The molecule has 0 aromatic heterocycles. The van der Waals surface area contributed by atoms with Crippen LogP contribution in [0, 0.1) is 0 Å². The summed E-state index contributed by atoms with van der Waals surface area (Å²) in [7, 11) is 5.52. The first-order valence-corrected chi connectivity index (χ1v) is 8.79. The molecule has 0 amide bonds. The standard InChI is InChI=1S/C19H27NO3/c1-20-11-10-18-8-4-5-9-19(18)15(23-19)12-13-6-7-14(21-2)17(22-3)16(13)18/h6-7,15,20H,4-5,8-12H2,1-3H3/t15-,18+,19-/m1/s1. The Bertz CT molecular complexity index is 617. The highest BCUT2D eigenvalue weighted by molar-refractivity contribution is 5.59. The summed E-state index contributed by atoms with van der Waals surface area (Å²) in [5.41, 5.74) is 2.85. The zero-order valence-corrected chi connectivity index (χ0v) is 14.4. The SMILES string of the molecule is CNCC[C@]12CCCC[C@]13O[C@@H]3Cc1ccc(OC)c(OC)c12. The summed E-state index contributed by atoms with van der Waals surface area (Å²) in [6.07, 6.45) is 7.40. The smallest absolute Gasteiger partial charge is 0.164 e. The second kappa shape index (κ2) is 5.38. The van der Waals surface area contributed by atoms with Crippen molar-refractivity contribution in [1.82, 2.24) is 5.32 Å². The lowest BCUT2D eigenvalue weighted by Crippen LogP contribution is -2.51. The summed E-state index contributed by atoms with van der Waals surface area (Å²) in [6, 6.07) is 4.26. The van der Waals surface area contributed by atoms with Gasteiger partial charge < -0.3 is 19.5 Å². The highest BCUT2D eigenvalue weighted by atomic mass is 16.6. The average Bonchev–Trinajstić information content (AvgIpc) is 3.29. The quantitative estimate of drug-likeness (QED) is 0.848. The Labute approximate surface area is 138 Å². The molecule has 1 spiro atoms. The minimum Gasteiger partial charge on any atom is -0.493 e. The third kappa shape index (κ3) is 1.91. The van der Waals surface area contributed by atoms with Gasteiger partial charge in [-0.05, 0) is 44.5 Å². The van der Waals surface area contributed by atoms with Gasteiger partial charge in [0.05, 0.1) is 20.3 Å². The van der Waals surface area contributed by atoms with Gasteiger partial charge in [0.25, 0.3) is 0 Å². The van der Waals surface area contributed by atoms with E-state index in [9.17, 15) is 0 Å². The third-order valence-electron chi connectivity index (χ3n) is 6.34. The molecule has 1 aromatic carbocycles. The van der Waals surface area contributed by atoms with Crippen molar-refractivity contribution in [3.63, 3.8) is 0 Å². The number of nitrogens with one attached hydrogen (secondary N) is 1. The Morgan fingerprint density at radius 2 is 2.04 bits per heavy atom. The minimum absolute atomic E-state index is 0.0365. The molecule has 0 radical (unpaired) electrons. The Morgan fingerprint density at radius 1 is 1.22 bits per heavy atom. The molecule has 126 valence electrons. The summed E-state index contributed by atoms with van der Waals surface area (Å²) in [6.45, 7) is 0.998. The lowest BCUT2D eigenvalue weighted by molar-refractivity contribution is 0.108. The van der Waals surface area contributed by atoms with Crippen LogP contribution in [-0.4, -0.2) is 39.5 Å². The number of ether oxygens (including phenoxy) is 3. The van der Waals surface area contributed by atoms with E-state index in [1.54, 1.807) is 14.2 Å². The van der Waals surface area contributed by atoms with E-state index < -0.39 is 0 Å². The predicted molar refractivity (Wildman–Crippen MR) is 89.5 cm³/mol. The van der Waals surface area contributed by atoms with Crippen LogP contribution in [0.5, 0.6) is 11.5 Å². The van der Waals surface area contributed by atoms with Crippen molar-refractivity contribution in [3.8, 4) is 11.5 Å². The van der Waals surface area contributed by atoms with Crippen LogP contribution in [0.4, 0.5) is 0 Å². The van der Waals surface area contributed by atoms with Gasteiger partial charge in [-0.15, -0.1) is 0 Å². The fraction of sp³-hybridized carbons (Fsp3) is 0.684. The fourth-order valence-corrected chi connectivity index (χ4v) is 5.33. The summed E-state index contributed by atoms with van der Waals surface area (Å²) in [4.78, 5) is 0. The van der Waals surface area contributed by atoms with Crippen molar-refractivity contribution in [2.75, 3.05) is 27.8 Å². The van der Waals surface area contributed by atoms with Crippen molar-refractivity contribution in [1.29, 1.82) is 0 Å². The van der Waals surface area contributed by atoms with E-state index in [0.717, 1.165) is 30.9 Å². The molecule has 1 saturated heterocycles. The number of benzene rings is 1. The highest BCUT2D eigenvalue weighted by Crippen LogP contribution is 2.67. The van der Waals surface area contributed by atoms with Crippen molar-refractivity contribution in [3.05, 3.63) is 23.3 Å². The third-order valence-corrected chi connectivity index (χ3v) is 6.34. The predicted octanol–water partition coefficient (Wildman–Crippen LogP) is 2.82. The largest absolute Gasteiger partial charge is 0.493 e. The van der Waals surface area contributed by atoms with Crippen LogP contribution in [0.2, 0.25) is 0 Å². The van der Waals surface area contributed by atoms with E-state index in [4.69, 9.17) is 14.2 Å². The number of hydrogen-bond acceptors (Lipinski definition) is 4. The maximum Gasteiger partial charge on any atom is 0.164 e. The lowest BCUT2D eigenvalue weighted by Gasteiger charge is -2.47. The van der Waals surface area contributed by atoms with Crippen LogP contribution < -0.4 is 14.8 Å². The maximum atomic E-state index is 6.40. The van der Waals surface area contributed by atoms with E-state index >= 15 is 0 Å². The maximum absolute atomic E-state index is 6.40. The molecule has 1 heterocycles. The Hall–Kier alpha value is -1.26. The number of methoxy groups -OCH3 is 2. The van der Waals surface area contributed by atoms with Crippen LogP contribution >= 0.6 is 0 Å². The van der Waals surface area contributed by atoms with Gasteiger partial charge in [-0.3, -0.25) is 0 Å². The summed E-state index contributed by atoms with van der Waals surface area (Å²) < 4.78 is 17.8. The molecule has 4 nitrogen and oxygen atoms in total. The van der Waals surface area contributed by atoms with Gasteiger partial charge in [0, 0.05) is 17.4 Å². The molecule has 1 saturated carbocycles. The summed E-state index contributed by atoms with van der Waals surface area (Å²) in [5.74, 6) is 1.77. The molecule has 3 atom stereocenters. The van der Waals surface area contributed by atoms with Gasteiger partial charge in [0.1, 0.15) is 5.60 Å². The second-order valence-electron chi connectivity index (χ2n) is 7.18. The van der Waals surface area contributed by atoms with Crippen LogP contribution in [0.25, 0.3) is 0 Å². The molecule has 4 heteroatoms. The molecule has 3 aliphatic rings. The highest BCUT2D eigenvalue weighted by Gasteiger charge is 2.72. The van der Waals surface area contributed by atoms with E-state index in [1.807, 2.05) is 13.1 Å². The van der Waals surface area contributed by atoms with Crippen LogP contribution in [0.1, 0.15) is 43.2 Å². The Kier molecular flexibility index (Phi) is 3.58. The molecular weight excluding hydrogens is 290 g/mol. The van der Waals surface area contributed by atoms with E-state index in [0.29, 0.717) is 6.10 Å². The first kappa shape index (κ1) is 15.3. The average molecular weight is 317 g/mol. The van der Waals surface area contributed by atoms with Gasteiger partial charge in [-0.2, -0.15) is 0 Å². The number of epoxide rings is 1. The summed E-state index contributed by atoms with van der Waals surface area (Å²) in [5, 5.41) is 3.35. The minimum atomic E-state index is 0.0365. The van der Waals surface area contributed by atoms with Crippen LogP contribution in [-0.2, 0) is 16.6 Å². The monoisotopic (exact) mass is 317 g/mol. The molecule has 1 aliphatic heterocycles. The normalized spacial score (nSPS) is 34.1. The van der Waals surface area contributed by atoms with Crippen molar-refractivity contribution >= 4 is 0 Å². The van der Waals surface area contributed by atoms with Crippen molar-refractivity contribution in [2.45, 2.75) is 55.6 Å². The lowest BCUT2D eigenvalue weighted by atomic mass is 9.55. The first-order valence-electron chi connectivity index (χ1n) is 8.79. The Balaban J connectivity index is 1.92. The van der Waals surface area contributed by atoms with Crippen molar-refractivity contribution < 1.29 is 14.2 Å². The first-order chi connectivity index (χ1) is 11.2. The number of rotatable bonds is 5. The number of hydrogen-bond donors (Lipinski definition) is 1. The van der Waals surface area contributed by atoms with Gasteiger partial charge in [0.2, 0.25) is 0 Å². The van der Waals surface area contributed by atoms with E-state index in [-0.39, 0.29) is 11.0 Å². The molecule has 1 aromatic rings. The molecular formula is C19H27NO3. The Morgan fingerprint density at radius 3 is 2.78 bits per heavy atom. The van der Waals surface area contributed by atoms with Gasteiger partial charge in [-0.1, -0.05) is 18.9 Å². The molecule has 0 bridgehead atoms. The van der Waals surface area contributed by atoms with Gasteiger partial charge in [0.15, 0.2) is 11.5 Å². The molecule has 0 unspecified atom stereocenters. The molecule has 23 heavy (non-hydrogen) atoms. The molecule has 2 aliphatic carbocycles. The van der Waals surface area contributed by atoms with Gasteiger partial charge in [-0.25, -0.2) is 0 Å². The fourth-order valence-electron chi connectivity index (χ4n) is 5.33. The van der Waals surface area contributed by atoms with E-state index in [1.165, 1.54) is 36.8 Å². The molecule has 1 N–H and O–H groups in total. The van der Waals surface area contributed by atoms with Crippen LogP contribution in [0.3, 0.4) is 0 Å². The molecule has 2 fully saturated rings. The zero-order valence-electron chi connectivity index (χ0n) is 14.4. The zero-order chi connectivity index (χ0) is 16.1. The molecule has 4 rings (SSSR count). The summed E-state index contributed by atoms with van der Waals surface area (Å²) >= 11 is 0. The van der Waals surface area contributed by atoms with Crippen LogP contribution in [0.15, 0.2) is 12.1 Å². The van der Waals surface area contributed by atoms with Crippen molar-refractivity contribution in [2.24, 2.45) is 0 Å². The van der Waals surface area contributed by atoms with E-state index in [2.05, 4.69) is 11.4 Å². The second-order valence-corrected chi connectivity index (χ2v) is 7.18. The topological polar surface area (TPSA) is 43.0 Å².